The second-order valence-electron chi connectivity index (χ2n) is 6.42. The summed E-state index contributed by atoms with van der Waals surface area (Å²) in [6.07, 6.45) is 0.732. The molecule has 0 saturated carbocycles. The van der Waals surface area contributed by atoms with Crippen molar-refractivity contribution in [1.29, 1.82) is 0 Å². The molecule has 0 aromatic rings. The van der Waals surface area contributed by atoms with Crippen LogP contribution in [0.3, 0.4) is 0 Å². The molecule has 1 saturated heterocycles. The Morgan fingerprint density at radius 1 is 1.17 bits per heavy atom. The van der Waals surface area contributed by atoms with Crippen LogP contribution in [0.4, 0.5) is 0 Å². The molecule has 0 aromatic heterocycles. The SMILES string of the molecule is CN=C(NCCN(C(C)C)C(C)C)NCCN1CCCS1(=O)=O.I. The fourth-order valence-electron chi connectivity index (χ4n) is 2.88. The van der Waals surface area contributed by atoms with E-state index in [0.29, 0.717) is 37.7 Å². The van der Waals surface area contributed by atoms with E-state index >= 15 is 0 Å². The zero-order chi connectivity index (χ0) is 17.5. The molecule has 1 fully saturated rings. The standard InChI is InChI=1S/C15H33N5O2S.HI/c1-13(2)20(14(3)4)11-8-18-15(16-5)17-7-10-19-9-6-12-23(19,21)22;/h13-14H,6-12H2,1-5H3,(H2,16,17,18);1H. The van der Waals surface area contributed by atoms with E-state index in [1.807, 2.05) is 0 Å². The van der Waals surface area contributed by atoms with Crippen LogP contribution in [0.15, 0.2) is 4.99 Å². The average Bonchev–Trinajstić information content (AvgIpc) is 2.79. The normalized spacial score (nSPS) is 18.2. The van der Waals surface area contributed by atoms with Gasteiger partial charge in [-0.1, -0.05) is 0 Å². The zero-order valence-electron chi connectivity index (χ0n) is 15.6. The van der Waals surface area contributed by atoms with Crippen molar-refractivity contribution < 1.29 is 8.42 Å². The van der Waals surface area contributed by atoms with Crippen LogP contribution >= 0.6 is 24.0 Å². The summed E-state index contributed by atoms with van der Waals surface area (Å²) in [6.45, 7) is 12.2. The van der Waals surface area contributed by atoms with E-state index in [9.17, 15) is 8.42 Å². The second-order valence-corrected chi connectivity index (χ2v) is 8.51. The van der Waals surface area contributed by atoms with Crippen molar-refractivity contribution in [2.75, 3.05) is 45.5 Å². The van der Waals surface area contributed by atoms with Gasteiger partial charge in [-0.05, 0) is 34.1 Å². The molecular formula is C15H34IN5O2S. The lowest BCUT2D eigenvalue weighted by Crippen LogP contribution is -2.46. The van der Waals surface area contributed by atoms with Crippen molar-refractivity contribution in [3.05, 3.63) is 0 Å². The fraction of sp³-hybridized carbons (Fsp3) is 0.933. The minimum absolute atomic E-state index is 0. The molecular weight excluding hydrogens is 441 g/mol. The molecule has 0 radical (unpaired) electrons. The van der Waals surface area contributed by atoms with Crippen molar-refractivity contribution in [2.24, 2.45) is 4.99 Å². The average molecular weight is 475 g/mol. The summed E-state index contributed by atoms with van der Waals surface area (Å²) in [4.78, 5) is 6.60. The molecule has 9 heteroatoms. The van der Waals surface area contributed by atoms with E-state index in [-0.39, 0.29) is 29.7 Å². The second kappa shape index (κ2) is 11.5. The summed E-state index contributed by atoms with van der Waals surface area (Å²) in [5.74, 6) is 0.995. The van der Waals surface area contributed by atoms with E-state index in [1.54, 1.807) is 11.4 Å². The Balaban J connectivity index is 0.00000529. The first-order valence-corrected chi connectivity index (χ1v) is 10.1. The van der Waals surface area contributed by atoms with E-state index in [4.69, 9.17) is 0 Å². The van der Waals surface area contributed by atoms with Gasteiger partial charge in [-0.2, -0.15) is 0 Å². The van der Waals surface area contributed by atoms with E-state index < -0.39 is 10.0 Å². The largest absolute Gasteiger partial charge is 0.355 e. The highest BCUT2D eigenvalue weighted by molar-refractivity contribution is 14.0. The predicted octanol–water partition coefficient (Wildman–Crippen LogP) is 0.924. The molecule has 1 heterocycles. The molecule has 24 heavy (non-hydrogen) atoms. The molecule has 144 valence electrons. The van der Waals surface area contributed by atoms with Gasteiger partial charge in [0.1, 0.15) is 0 Å². The van der Waals surface area contributed by atoms with Crippen molar-refractivity contribution in [3.63, 3.8) is 0 Å². The van der Waals surface area contributed by atoms with Crippen LogP contribution in [0.1, 0.15) is 34.1 Å². The summed E-state index contributed by atoms with van der Waals surface area (Å²) in [5.41, 5.74) is 0. The van der Waals surface area contributed by atoms with Gasteiger partial charge in [0.25, 0.3) is 0 Å². The maximum absolute atomic E-state index is 11.7. The van der Waals surface area contributed by atoms with Gasteiger partial charge in [-0.3, -0.25) is 9.89 Å². The number of guanidine groups is 1. The minimum atomic E-state index is -3.01. The van der Waals surface area contributed by atoms with Gasteiger partial charge in [0.2, 0.25) is 10.0 Å². The molecule has 0 amide bonds. The Morgan fingerprint density at radius 2 is 1.75 bits per heavy atom. The quantitative estimate of drug-likeness (QED) is 0.310. The van der Waals surface area contributed by atoms with Crippen molar-refractivity contribution in [3.8, 4) is 0 Å². The number of nitrogens with one attached hydrogen (secondary N) is 2. The summed E-state index contributed by atoms with van der Waals surface area (Å²) >= 11 is 0. The Kier molecular flexibility index (Phi) is 11.4. The molecule has 1 aliphatic rings. The molecule has 0 unspecified atom stereocenters. The fourth-order valence-corrected chi connectivity index (χ4v) is 4.41. The van der Waals surface area contributed by atoms with Gasteiger partial charge in [-0.25, -0.2) is 12.7 Å². The Hall–Kier alpha value is -0.130. The van der Waals surface area contributed by atoms with Crippen molar-refractivity contribution in [2.45, 2.75) is 46.2 Å². The maximum Gasteiger partial charge on any atom is 0.214 e. The Bertz CT molecular complexity index is 474. The first-order valence-electron chi connectivity index (χ1n) is 8.46. The lowest BCUT2D eigenvalue weighted by molar-refractivity contribution is 0.178. The van der Waals surface area contributed by atoms with Gasteiger partial charge in [0.15, 0.2) is 5.96 Å². The number of halogens is 1. The van der Waals surface area contributed by atoms with Gasteiger partial charge in [-0.15, -0.1) is 24.0 Å². The highest BCUT2D eigenvalue weighted by Crippen LogP contribution is 2.11. The van der Waals surface area contributed by atoms with E-state index in [1.165, 1.54) is 0 Å². The molecule has 0 aromatic carbocycles. The Labute approximate surface area is 164 Å². The topological polar surface area (TPSA) is 77.0 Å². The van der Waals surface area contributed by atoms with Crippen LogP contribution in [0.25, 0.3) is 0 Å². The van der Waals surface area contributed by atoms with Crippen LogP contribution in [0.5, 0.6) is 0 Å². The molecule has 0 aliphatic carbocycles. The number of rotatable bonds is 8. The highest BCUT2D eigenvalue weighted by atomic mass is 127. The highest BCUT2D eigenvalue weighted by Gasteiger charge is 2.27. The summed E-state index contributed by atoms with van der Waals surface area (Å²) in [7, 11) is -1.29. The molecule has 1 aliphatic heterocycles. The number of hydrogen-bond acceptors (Lipinski definition) is 4. The van der Waals surface area contributed by atoms with Crippen LogP contribution in [-0.2, 0) is 10.0 Å². The van der Waals surface area contributed by atoms with Crippen molar-refractivity contribution in [1.82, 2.24) is 19.8 Å². The van der Waals surface area contributed by atoms with Gasteiger partial charge >= 0.3 is 0 Å². The Morgan fingerprint density at radius 3 is 2.21 bits per heavy atom. The van der Waals surface area contributed by atoms with E-state index in [2.05, 4.69) is 48.2 Å². The minimum Gasteiger partial charge on any atom is -0.355 e. The summed E-state index contributed by atoms with van der Waals surface area (Å²) in [6, 6.07) is 1.01. The third-order valence-corrected chi connectivity index (χ3v) is 6.03. The first kappa shape index (κ1) is 23.9. The van der Waals surface area contributed by atoms with Crippen LogP contribution in [0, 0.1) is 0 Å². The van der Waals surface area contributed by atoms with Gasteiger partial charge in [0, 0.05) is 51.9 Å². The van der Waals surface area contributed by atoms with Crippen LogP contribution in [0.2, 0.25) is 0 Å². The van der Waals surface area contributed by atoms with Gasteiger partial charge < -0.3 is 10.6 Å². The molecule has 1 rings (SSSR count). The maximum atomic E-state index is 11.7. The lowest BCUT2D eigenvalue weighted by Gasteiger charge is -2.30. The van der Waals surface area contributed by atoms with Crippen molar-refractivity contribution >= 4 is 40.0 Å². The molecule has 2 N–H and O–H groups in total. The summed E-state index contributed by atoms with van der Waals surface area (Å²) in [5, 5.41) is 6.47. The monoisotopic (exact) mass is 475 g/mol. The lowest BCUT2D eigenvalue weighted by atomic mass is 10.2. The predicted molar refractivity (Wildman–Crippen MR) is 112 cm³/mol. The smallest absolute Gasteiger partial charge is 0.214 e. The first-order chi connectivity index (χ1) is 10.8. The summed E-state index contributed by atoms with van der Waals surface area (Å²) < 4.78 is 25.0. The molecule has 7 nitrogen and oxygen atoms in total. The van der Waals surface area contributed by atoms with Crippen LogP contribution in [-0.4, -0.2) is 81.2 Å². The molecule has 0 atom stereocenters. The number of sulfonamides is 1. The number of nitrogens with zero attached hydrogens (tertiary/aromatic N) is 3. The van der Waals surface area contributed by atoms with E-state index in [0.717, 1.165) is 19.5 Å². The van der Waals surface area contributed by atoms with Crippen LogP contribution < -0.4 is 10.6 Å². The third kappa shape index (κ3) is 7.83. The molecule has 0 bridgehead atoms. The number of hydrogen-bond donors (Lipinski definition) is 2. The third-order valence-electron chi connectivity index (χ3n) is 4.07. The molecule has 0 spiro atoms. The van der Waals surface area contributed by atoms with Gasteiger partial charge in [0.05, 0.1) is 5.75 Å². The number of aliphatic imine (C=N–C) groups is 1. The zero-order valence-corrected chi connectivity index (χ0v) is 18.7.